The van der Waals surface area contributed by atoms with Crippen molar-refractivity contribution in [1.82, 2.24) is 0 Å². The van der Waals surface area contributed by atoms with E-state index in [4.69, 9.17) is 0 Å². The molecule has 106 valence electrons. The minimum Gasteiger partial charge on any atom is -0.463 e. The Balaban J connectivity index is 3.44. The van der Waals surface area contributed by atoms with Gasteiger partial charge in [0.2, 0.25) is 0 Å². The molecule has 1 N–H and O–H groups in total. The summed E-state index contributed by atoms with van der Waals surface area (Å²) in [5.41, 5.74) is -3.78. The van der Waals surface area contributed by atoms with Crippen molar-refractivity contribution in [3.8, 4) is 0 Å². The summed E-state index contributed by atoms with van der Waals surface area (Å²) in [6.45, 7) is 2.65. The molecule has 1 atom stereocenters. The quantitative estimate of drug-likeness (QED) is 0.860. The number of rotatable bonds is 3. The first kappa shape index (κ1) is 16.0. The minimum absolute atomic E-state index is 0.260. The van der Waals surface area contributed by atoms with E-state index in [9.17, 15) is 23.1 Å². The third-order valence-electron chi connectivity index (χ3n) is 2.44. The first-order valence-electron chi connectivity index (χ1n) is 5.37. The second-order valence-corrected chi connectivity index (χ2v) is 4.86. The molecule has 1 aromatic carbocycles. The first-order valence-corrected chi connectivity index (χ1v) is 6.16. The van der Waals surface area contributed by atoms with E-state index >= 15 is 0 Å². The molecule has 0 aliphatic carbocycles. The van der Waals surface area contributed by atoms with Gasteiger partial charge in [-0.2, -0.15) is 13.2 Å². The Morgan fingerprint density at radius 3 is 2.37 bits per heavy atom. The van der Waals surface area contributed by atoms with Gasteiger partial charge in [-0.1, -0.05) is 22.0 Å². The van der Waals surface area contributed by atoms with E-state index in [1.165, 1.54) is 6.92 Å². The standard InChI is InChI=1S/C12H12BrF3O3/c1-3-19-10(17)11(18,12(14,15)16)8-4-7(2)5-9(13)6-8/h4-6,18H,3H2,1-2H3. The van der Waals surface area contributed by atoms with Gasteiger partial charge in [0.1, 0.15) is 0 Å². The van der Waals surface area contributed by atoms with Gasteiger partial charge in [-0.05, 0) is 31.5 Å². The Morgan fingerprint density at radius 1 is 1.37 bits per heavy atom. The molecule has 0 fully saturated rings. The van der Waals surface area contributed by atoms with Crippen molar-refractivity contribution in [2.75, 3.05) is 6.61 Å². The molecule has 0 heterocycles. The van der Waals surface area contributed by atoms with E-state index in [0.717, 1.165) is 12.1 Å². The summed E-state index contributed by atoms with van der Waals surface area (Å²) < 4.78 is 43.9. The predicted molar refractivity (Wildman–Crippen MR) is 65.5 cm³/mol. The van der Waals surface area contributed by atoms with Gasteiger partial charge in [-0.25, -0.2) is 4.79 Å². The summed E-state index contributed by atoms with van der Waals surface area (Å²) in [7, 11) is 0. The molecule has 1 unspecified atom stereocenters. The average Bonchev–Trinajstić information content (AvgIpc) is 2.25. The van der Waals surface area contributed by atoms with Crippen LogP contribution in [0.15, 0.2) is 22.7 Å². The van der Waals surface area contributed by atoms with Gasteiger partial charge in [0.25, 0.3) is 5.60 Å². The number of alkyl halides is 3. The number of hydrogen-bond donors (Lipinski definition) is 1. The molecule has 0 aliphatic rings. The van der Waals surface area contributed by atoms with Gasteiger partial charge < -0.3 is 9.84 Å². The summed E-state index contributed by atoms with van der Waals surface area (Å²) >= 11 is 3.03. The third-order valence-corrected chi connectivity index (χ3v) is 2.90. The van der Waals surface area contributed by atoms with Gasteiger partial charge in [0.05, 0.1) is 6.61 Å². The molecule has 3 nitrogen and oxygen atoms in total. The van der Waals surface area contributed by atoms with Crippen molar-refractivity contribution < 1.29 is 27.8 Å². The second kappa shape index (κ2) is 5.50. The van der Waals surface area contributed by atoms with E-state index in [-0.39, 0.29) is 6.61 Å². The number of ether oxygens (including phenoxy) is 1. The van der Waals surface area contributed by atoms with Gasteiger partial charge in [-0.3, -0.25) is 0 Å². The molecule has 0 aromatic heterocycles. The van der Waals surface area contributed by atoms with E-state index in [0.29, 0.717) is 10.0 Å². The van der Waals surface area contributed by atoms with Crippen LogP contribution in [0.2, 0.25) is 0 Å². The minimum atomic E-state index is -5.17. The van der Waals surface area contributed by atoms with Crippen LogP contribution in [0.1, 0.15) is 18.1 Å². The molecule has 7 heteroatoms. The number of carbonyl (C=O) groups is 1. The molecular formula is C12H12BrF3O3. The lowest BCUT2D eigenvalue weighted by atomic mass is 9.92. The highest BCUT2D eigenvalue weighted by molar-refractivity contribution is 9.10. The normalized spacial score (nSPS) is 14.9. The Kier molecular flexibility index (Phi) is 4.63. The molecular weight excluding hydrogens is 329 g/mol. The monoisotopic (exact) mass is 340 g/mol. The Labute approximate surface area is 116 Å². The lowest BCUT2D eigenvalue weighted by Crippen LogP contribution is -2.50. The zero-order valence-electron chi connectivity index (χ0n) is 10.2. The fourth-order valence-electron chi connectivity index (χ4n) is 1.58. The van der Waals surface area contributed by atoms with Crippen LogP contribution < -0.4 is 0 Å². The molecule has 0 saturated heterocycles. The summed E-state index contributed by atoms with van der Waals surface area (Å²) in [5, 5.41) is 9.85. The number of aliphatic hydroxyl groups is 1. The van der Waals surface area contributed by atoms with Crippen LogP contribution in [0.25, 0.3) is 0 Å². The number of carbonyl (C=O) groups excluding carboxylic acids is 1. The summed E-state index contributed by atoms with van der Waals surface area (Å²) in [5.74, 6) is -1.74. The van der Waals surface area contributed by atoms with Gasteiger partial charge in [0, 0.05) is 10.0 Å². The Bertz CT molecular complexity index is 467. The molecule has 0 amide bonds. The summed E-state index contributed by atoms with van der Waals surface area (Å²) in [4.78, 5) is 11.5. The average molecular weight is 341 g/mol. The predicted octanol–water partition coefficient (Wildman–Crippen LogP) is 3.07. The summed E-state index contributed by atoms with van der Waals surface area (Å²) in [6.07, 6.45) is -5.17. The maximum Gasteiger partial charge on any atom is 0.432 e. The maximum absolute atomic E-state index is 13.1. The van der Waals surface area contributed by atoms with Crippen molar-refractivity contribution in [3.63, 3.8) is 0 Å². The molecule has 0 aliphatic heterocycles. The molecule has 0 radical (unpaired) electrons. The highest BCUT2D eigenvalue weighted by Crippen LogP contribution is 2.41. The molecule has 1 rings (SSSR count). The molecule has 0 spiro atoms. The number of aryl methyl sites for hydroxylation is 1. The fourth-order valence-corrected chi connectivity index (χ4v) is 2.19. The van der Waals surface area contributed by atoms with Crippen molar-refractivity contribution in [3.05, 3.63) is 33.8 Å². The second-order valence-electron chi connectivity index (χ2n) is 3.95. The highest BCUT2D eigenvalue weighted by atomic mass is 79.9. The third kappa shape index (κ3) is 3.09. The van der Waals surface area contributed by atoms with Crippen LogP contribution in [0.5, 0.6) is 0 Å². The van der Waals surface area contributed by atoms with Crippen LogP contribution in [0.3, 0.4) is 0 Å². The summed E-state index contributed by atoms with van der Waals surface area (Å²) in [6, 6.07) is 3.69. The fraction of sp³-hybridized carbons (Fsp3) is 0.417. The van der Waals surface area contributed by atoms with Gasteiger partial charge >= 0.3 is 12.1 Å². The van der Waals surface area contributed by atoms with Crippen molar-refractivity contribution >= 4 is 21.9 Å². The Hall–Kier alpha value is -1.08. The van der Waals surface area contributed by atoms with E-state index < -0.39 is 23.3 Å². The highest BCUT2D eigenvalue weighted by Gasteiger charge is 2.62. The molecule has 1 aromatic rings. The molecule has 0 bridgehead atoms. The number of hydrogen-bond acceptors (Lipinski definition) is 3. The van der Waals surface area contributed by atoms with Crippen LogP contribution in [-0.4, -0.2) is 23.9 Å². The van der Waals surface area contributed by atoms with Crippen LogP contribution >= 0.6 is 15.9 Å². The number of benzene rings is 1. The Morgan fingerprint density at radius 2 is 1.95 bits per heavy atom. The van der Waals surface area contributed by atoms with Crippen LogP contribution in [0, 0.1) is 6.92 Å². The number of esters is 1. The van der Waals surface area contributed by atoms with Gasteiger partial charge in [0.15, 0.2) is 0 Å². The van der Waals surface area contributed by atoms with E-state index in [2.05, 4.69) is 20.7 Å². The smallest absolute Gasteiger partial charge is 0.432 e. The van der Waals surface area contributed by atoms with Crippen LogP contribution in [-0.2, 0) is 15.1 Å². The lowest BCUT2D eigenvalue weighted by Gasteiger charge is -2.28. The van der Waals surface area contributed by atoms with Crippen molar-refractivity contribution in [2.24, 2.45) is 0 Å². The van der Waals surface area contributed by atoms with Crippen molar-refractivity contribution in [1.29, 1.82) is 0 Å². The zero-order valence-corrected chi connectivity index (χ0v) is 11.8. The first-order chi connectivity index (χ1) is 8.62. The van der Waals surface area contributed by atoms with Gasteiger partial charge in [-0.15, -0.1) is 0 Å². The molecule has 0 saturated carbocycles. The SMILES string of the molecule is CCOC(=O)C(O)(c1cc(C)cc(Br)c1)C(F)(F)F. The zero-order chi connectivity index (χ0) is 14.8. The lowest BCUT2D eigenvalue weighted by molar-refractivity contribution is -0.267. The number of halogens is 4. The van der Waals surface area contributed by atoms with E-state index in [1.54, 1.807) is 13.0 Å². The van der Waals surface area contributed by atoms with Crippen molar-refractivity contribution in [2.45, 2.75) is 25.6 Å². The van der Waals surface area contributed by atoms with E-state index in [1.807, 2.05) is 0 Å². The largest absolute Gasteiger partial charge is 0.463 e. The topological polar surface area (TPSA) is 46.5 Å². The maximum atomic E-state index is 13.1. The molecule has 19 heavy (non-hydrogen) atoms. The van der Waals surface area contributed by atoms with Crippen LogP contribution in [0.4, 0.5) is 13.2 Å².